The number of carbonyl (C=O) groups excluding carboxylic acids is 5. The lowest BCUT2D eigenvalue weighted by molar-refractivity contribution is -0.181. The number of allylic oxidation sites excluding steroid dienone is 1. The highest BCUT2D eigenvalue weighted by atomic mass is 32.2. The molecule has 6 N–H and O–H groups in total. The number of carbonyl (C=O) groups is 5. The van der Waals surface area contributed by atoms with Crippen LogP contribution < -0.4 is 20.8 Å². The predicted molar refractivity (Wildman–Crippen MR) is 158 cm³/mol. The van der Waals surface area contributed by atoms with Crippen LogP contribution in [0.4, 0.5) is 5.69 Å². The number of nitrogens with zero attached hydrogens (tertiary/aromatic N) is 2. The second-order valence-electron chi connectivity index (χ2n) is 12.6. The summed E-state index contributed by atoms with van der Waals surface area (Å²) in [6, 6.07) is -0.292. The number of fused-ring (bicyclic) bond motifs is 3. The second kappa shape index (κ2) is 11.0. The lowest BCUT2D eigenvalue weighted by Crippen LogP contribution is -2.74. The standard InChI is InChI=1S/C29H37N5O10S/c1-11-25(12(2)44-32-11)45(42,43)31-10-14-9-17(33(3)4)15-7-13-8-16-21(34(5)6)24(37)20(28(30)40)27(39)29(16,41)26(38)18(13)23(36)19(15)22(14)35/h9,11,13,16,18,20-21,31-32,35,41H,7-8,10H2,1-6H3,(H2,30,40)/t11?,13-,16-,18?,20?,21-,29-/m1/s1. The number of ketones is 4. The number of phenolic OH excluding ortho intramolecular Hbond substituents is 1. The third kappa shape index (κ3) is 4.77. The molecule has 15 nitrogen and oxygen atoms in total. The molecule has 45 heavy (non-hydrogen) atoms. The number of hydrogen-bond acceptors (Lipinski definition) is 13. The number of benzene rings is 1. The molecular formula is C29H37N5O10S. The van der Waals surface area contributed by atoms with E-state index in [9.17, 15) is 42.6 Å². The summed E-state index contributed by atoms with van der Waals surface area (Å²) in [6.45, 7) is 2.66. The van der Waals surface area contributed by atoms with E-state index in [1.165, 1.54) is 25.9 Å². The van der Waals surface area contributed by atoms with E-state index < -0.39 is 92.7 Å². The van der Waals surface area contributed by atoms with E-state index in [0.29, 0.717) is 11.3 Å². The Morgan fingerprint density at radius 2 is 1.82 bits per heavy atom. The fraction of sp³-hybridized carbons (Fsp3) is 0.552. The normalized spacial score (nSPS) is 31.5. The Kier molecular flexibility index (Phi) is 7.97. The highest BCUT2D eigenvalue weighted by Gasteiger charge is 2.69. The van der Waals surface area contributed by atoms with Crippen molar-refractivity contribution in [2.75, 3.05) is 33.1 Å². The Morgan fingerprint density at radius 1 is 1.18 bits per heavy atom. The van der Waals surface area contributed by atoms with Gasteiger partial charge in [-0.05, 0) is 58.3 Å². The maximum atomic E-state index is 14.2. The molecule has 2 fully saturated rings. The van der Waals surface area contributed by atoms with Gasteiger partial charge in [0.15, 0.2) is 34.7 Å². The number of rotatable bonds is 7. The first kappa shape index (κ1) is 32.7. The van der Waals surface area contributed by atoms with E-state index in [2.05, 4.69) is 10.2 Å². The van der Waals surface area contributed by atoms with Gasteiger partial charge in [0.05, 0.1) is 23.6 Å². The van der Waals surface area contributed by atoms with Crippen LogP contribution in [0, 0.1) is 23.7 Å². The van der Waals surface area contributed by atoms with Crippen LogP contribution in [0.3, 0.4) is 0 Å². The summed E-state index contributed by atoms with van der Waals surface area (Å²) in [7, 11) is 2.34. The zero-order chi connectivity index (χ0) is 33.5. The Labute approximate surface area is 259 Å². The van der Waals surface area contributed by atoms with E-state index in [1.54, 1.807) is 32.0 Å². The number of sulfonamides is 1. The third-order valence-corrected chi connectivity index (χ3v) is 11.2. The molecule has 0 radical (unpaired) electrons. The quantitative estimate of drug-likeness (QED) is 0.213. The van der Waals surface area contributed by atoms with Crippen LogP contribution in [0.25, 0.3) is 0 Å². The summed E-state index contributed by atoms with van der Waals surface area (Å²) in [4.78, 5) is 75.4. The average Bonchev–Trinajstić information content (AvgIpc) is 3.28. The number of aliphatic hydroxyl groups is 1. The average molecular weight is 648 g/mol. The summed E-state index contributed by atoms with van der Waals surface area (Å²) < 4.78 is 28.6. The molecule has 0 bridgehead atoms. The summed E-state index contributed by atoms with van der Waals surface area (Å²) >= 11 is 0. The number of hydrogen-bond donors (Lipinski definition) is 5. The van der Waals surface area contributed by atoms with E-state index in [4.69, 9.17) is 10.6 Å². The van der Waals surface area contributed by atoms with E-state index in [1.807, 2.05) is 0 Å². The fourth-order valence-electron chi connectivity index (χ4n) is 7.50. The van der Waals surface area contributed by atoms with Crippen molar-refractivity contribution in [1.82, 2.24) is 15.1 Å². The molecule has 0 aromatic heterocycles. The lowest BCUT2D eigenvalue weighted by atomic mass is 9.52. The van der Waals surface area contributed by atoms with Gasteiger partial charge in [-0.25, -0.2) is 13.1 Å². The third-order valence-electron chi connectivity index (χ3n) is 9.47. The smallest absolute Gasteiger partial charge is 0.242 e. The van der Waals surface area contributed by atoms with Crippen LogP contribution in [0.2, 0.25) is 0 Å². The Bertz CT molecular complexity index is 1690. The molecule has 1 aromatic carbocycles. The monoisotopic (exact) mass is 647 g/mol. The maximum absolute atomic E-state index is 14.2. The number of nitrogens with one attached hydrogen (secondary N) is 2. The lowest BCUT2D eigenvalue weighted by Gasteiger charge is -2.52. The van der Waals surface area contributed by atoms with Crippen LogP contribution in [-0.4, -0.2) is 98.4 Å². The van der Waals surface area contributed by atoms with E-state index in [0.717, 1.165) is 0 Å². The molecule has 4 aliphatic rings. The largest absolute Gasteiger partial charge is 0.507 e. The molecule has 3 unspecified atom stereocenters. The number of likely N-dealkylation sites (N-methyl/N-ethyl adjacent to an activating group) is 1. The highest BCUT2D eigenvalue weighted by Crippen LogP contribution is 2.52. The first-order chi connectivity index (χ1) is 20.9. The first-order valence-corrected chi connectivity index (χ1v) is 15.9. The van der Waals surface area contributed by atoms with Crippen molar-refractivity contribution in [3.8, 4) is 5.75 Å². The number of amides is 1. The highest BCUT2D eigenvalue weighted by molar-refractivity contribution is 7.93. The van der Waals surface area contributed by atoms with Crippen LogP contribution in [0.5, 0.6) is 5.75 Å². The minimum Gasteiger partial charge on any atom is -0.507 e. The van der Waals surface area contributed by atoms with Gasteiger partial charge in [0.2, 0.25) is 15.9 Å². The van der Waals surface area contributed by atoms with Crippen LogP contribution >= 0.6 is 0 Å². The van der Waals surface area contributed by atoms with E-state index >= 15 is 0 Å². The number of primary amides is 1. The Morgan fingerprint density at radius 3 is 2.36 bits per heavy atom. The fourth-order valence-corrected chi connectivity index (χ4v) is 8.93. The molecule has 5 rings (SSSR count). The van der Waals surface area contributed by atoms with Gasteiger partial charge in [-0.2, -0.15) is 0 Å². The summed E-state index contributed by atoms with van der Waals surface area (Å²) in [6.07, 6.45) is -0.00660. The van der Waals surface area contributed by atoms with Crippen molar-refractivity contribution in [3.05, 3.63) is 33.4 Å². The van der Waals surface area contributed by atoms with Crippen molar-refractivity contribution in [1.29, 1.82) is 0 Å². The molecule has 1 aromatic rings. The Balaban J connectivity index is 1.58. The first-order valence-electron chi connectivity index (χ1n) is 14.4. The van der Waals surface area contributed by atoms with Crippen LogP contribution in [-0.2, 0) is 47.0 Å². The molecular weight excluding hydrogens is 610 g/mol. The predicted octanol–water partition coefficient (Wildman–Crippen LogP) is -1.49. The zero-order valence-corrected chi connectivity index (χ0v) is 26.5. The molecule has 0 saturated heterocycles. The molecule has 7 atom stereocenters. The molecule has 1 amide bonds. The minimum absolute atomic E-state index is 0.0248. The molecule has 16 heteroatoms. The Hall–Kier alpha value is -3.70. The molecule has 244 valence electrons. The van der Waals surface area contributed by atoms with Gasteiger partial charge in [-0.3, -0.25) is 28.9 Å². The van der Waals surface area contributed by atoms with Gasteiger partial charge in [0, 0.05) is 37.8 Å². The van der Waals surface area contributed by atoms with Gasteiger partial charge in [-0.1, -0.05) is 0 Å². The van der Waals surface area contributed by atoms with Gasteiger partial charge in [0.1, 0.15) is 16.4 Å². The number of anilines is 1. The van der Waals surface area contributed by atoms with Gasteiger partial charge >= 0.3 is 0 Å². The van der Waals surface area contributed by atoms with Crippen molar-refractivity contribution < 1.29 is 47.4 Å². The van der Waals surface area contributed by atoms with Crippen LogP contribution in [0.15, 0.2) is 16.7 Å². The zero-order valence-electron chi connectivity index (χ0n) is 25.7. The number of Topliss-reactive ketones (excluding diaryl/α,β-unsaturated/α-hetero) is 4. The summed E-state index contributed by atoms with van der Waals surface area (Å²) in [5.41, 5.74) is 5.80. The number of nitrogens with two attached hydrogens (primary N) is 1. The number of aromatic hydroxyl groups is 1. The van der Waals surface area contributed by atoms with Crippen molar-refractivity contribution in [3.63, 3.8) is 0 Å². The van der Waals surface area contributed by atoms with Gasteiger partial charge < -0.3 is 25.7 Å². The number of phenols is 1. The molecule has 3 aliphatic carbocycles. The number of hydroxylamine groups is 1. The van der Waals surface area contributed by atoms with Gasteiger partial charge in [0.25, 0.3) is 0 Å². The van der Waals surface area contributed by atoms with E-state index in [-0.39, 0.29) is 34.6 Å². The molecule has 0 spiro atoms. The maximum Gasteiger partial charge on any atom is 0.242 e. The SMILES string of the molecule is CC1=C(S(=O)(=O)NCc2cc(N(C)C)c3c(c2O)C(=O)C2C(=O)[C@@]4(O)C(=O)C(C(N)=O)C(=O)[C@H](N(C)C)[C@H]4C[C@H]2C3)C(C)NO1. The second-order valence-corrected chi connectivity index (χ2v) is 14.4. The van der Waals surface area contributed by atoms with Gasteiger partial charge in [-0.15, -0.1) is 5.48 Å². The minimum atomic E-state index is -4.09. The van der Waals surface area contributed by atoms with Crippen molar-refractivity contribution >= 4 is 44.8 Å². The summed E-state index contributed by atoms with van der Waals surface area (Å²) in [5, 5.41) is 23.2. The van der Waals surface area contributed by atoms with Crippen LogP contribution in [0.1, 0.15) is 41.8 Å². The van der Waals surface area contributed by atoms with Crippen molar-refractivity contribution in [2.24, 2.45) is 29.4 Å². The molecule has 1 aliphatic heterocycles. The molecule has 1 heterocycles. The summed E-state index contributed by atoms with van der Waals surface area (Å²) in [5.74, 6) is -11.5. The van der Waals surface area contributed by atoms with Crippen molar-refractivity contribution in [2.45, 2.75) is 50.9 Å². The topological polar surface area (TPSA) is 226 Å². The molecule has 2 saturated carbocycles.